The molecule has 18 heavy (non-hydrogen) atoms. The van der Waals surface area contributed by atoms with Gasteiger partial charge in [0.2, 0.25) is 0 Å². The minimum atomic E-state index is -3.11. The third-order valence-corrected chi connectivity index (χ3v) is 3.41. The summed E-state index contributed by atoms with van der Waals surface area (Å²) in [6.07, 6.45) is 1.15. The van der Waals surface area contributed by atoms with Crippen molar-refractivity contribution in [2.45, 2.75) is 13.0 Å². The second-order valence-corrected chi connectivity index (χ2v) is 6.46. The van der Waals surface area contributed by atoms with E-state index in [2.05, 4.69) is 5.32 Å². The summed E-state index contributed by atoms with van der Waals surface area (Å²) in [5, 5.41) is 2.91. The maximum Gasteiger partial charge on any atom is 0.250 e. The number of carbonyl (C=O) groups excluding carboxylic acids is 1. The topological polar surface area (TPSA) is 115 Å². The summed E-state index contributed by atoms with van der Waals surface area (Å²) in [5.41, 5.74) is 12.0. The molecule has 1 aromatic carbocycles. The van der Waals surface area contributed by atoms with Gasteiger partial charge in [-0.3, -0.25) is 4.79 Å². The van der Waals surface area contributed by atoms with Gasteiger partial charge in [0.25, 0.3) is 5.91 Å². The molecule has 7 heteroatoms. The summed E-state index contributed by atoms with van der Waals surface area (Å²) < 4.78 is 22.3. The van der Waals surface area contributed by atoms with Gasteiger partial charge in [0.05, 0.1) is 22.7 Å². The minimum Gasteiger partial charge on any atom is -0.397 e. The van der Waals surface area contributed by atoms with E-state index in [0.29, 0.717) is 11.4 Å². The van der Waals surface area contributed by atoms with Gasteiger partial charge in [-0.05, 0) is 19.1 Å². The lowest BCUT2D eigenvalue weighted by Gasteiger charge is -2.18. The molecule has 0 fully saturated rings. The predicted octanol–water partition coefficient (Wildman–Crippen LogP) is 0.213. The van der Waals surface area contributed by atoms with E-state index in [1.54, 1.807) is 19.1 Å². The van der Waals surface area contributed by atoms with E-state index in [4.69, 9.17) is 11.5 Å². The largest absolute Gasteiger partial charge is 0.397 e. The molecule has 0 bridgehead atoms. The van der Waals surface area contributed by atoms with E-state index in [0.717, 1.165) is 6.26 Å². The highest BCUT2D eigenvalue weighted by molar-refractivity contribution is 7.90. The Morgan fingerprint density at radius 3 is 2.56 bits per heavy atom. The second-order valence-electron chi connectivity index (χ2n) is 4.27. The summed E-state index contributed by atoms with van der Waals surface area (Å²) in [6.45, 7) is 1.69. The highest BCUT2D eigenvalue weighted by Crippen LogP contribution is 2.24. The first kappa shape index (κ1) is 14.3. The lowest BCUT2D eigenvalue weighted by Crippen LogP contribution is -2.27. The average Bonchev–Trinajstić information content (AvgIpc) is 2.17. The summed E-state index contributed by atoms with van der Waals surface area (Å²) in [5.74, 6) is -0.671. The number of sulfone groups is 1. The Morgan fingerprint density at radius 2 is 2.06 bits per heavy atom. The molecule has 1 amide bonds. The van der Waals surface area contributed by atoms with Crippen LogP contribution in [-0.2, 0) is 9.84 Å². The summed E-state index contributed by atoms with van der Waals surface area (Å²) >= 11 is 0. The SMILES string of the molecule is CC(CS(C)(=O)=O)Nc1c(N)cccc1C(N)=O. The Bertz CT molecular complexity index is 555. The first-order chi connectivity index (χ1) is 8.20. The van der Waals surface area contributed by atoms with Crippen LogP contribution in [-0.4, -0.2) is 32.4 Å². The first-order valence-electron chi connectivity index (χ1n) is 5.33. The molecule has 0 radical (unpaired) electrons. The van der Waals surface area contributed by atoms with Gasteiger partial charge in [-0.2, -0.15) is 0 Å². The lowest BCUT2D eigenvalue weighted by atomic mass is 10.1. The van der Waals surface area contributed by atoms with Crippen LogP contribution in [0.25, 0.3) is 0 Å². The van der Waals surface area contributed by atoms with Crippen molar-refractivity contribution in [3.63, 3.8) is 0 Å². The molecule has 0 spiro atoms. The molecule has 100 valence electrons. The molecule has 5 N–H and O–H groups in total. The molecule has 0 aliphatic carbocycles. The van der Waals surface area contributed by atoms with Crippen molar-refractivity contribution in [2.75, 3.05) is 23.1 Å². The minimum absolute atomic E-state index is 0.0560. The Morgan fingerprint density at radius 1 is 1.44 bits per heavy atom. The lowest BCUT2D eigenvalue weighted by molar-refractivity contribution is 0.100. The fourth-order valence-corrected chi connectivity index (χ4v) is 2.67. The molecular formula is C11H17N3O3S. The van der Waals surface area contributed by atoms with Crippen molar-refractivity contribution in [3.05, 3.63) is 23.8 Å². The molecule has 1 aromatic rings. The fourth-order valence-electron chi connectivity index (χ4n) is 1.68. The Hall–Kier alpha value is -1.76. The zero-order valence-electron chi connectivity index (χ0n) is 10.3. The molecule has 0 aromatic heterocycles. The van der Waals surface area contributed by atoms with Crippen LogP contribution < -0.4 is 16.8 Å². The molecule has 0 saturated heterocycles. The van der Waals surface area contributed by atoms with Gasteiger partial charge in [-0.25, -0.2) is 8.42 Å². The van der Waals surface area contributed by atoms with Crippen LogP contribution in [0.5, 0.6) is 0 Å². The number of nitrogens with one attached hydrogen (secondary N) is 1. The smallest absolute Gasteiger partial charge is 0.250 e. The normalized spacial score (nSPS) is 13.0. The third-order valence-electron chi connectivity index (χ3n) is 2.31. The molecule has 0 aliphatic heterocycles. The van der Waals surface area contributed by atoms with Gasteiger partial charge >= 0.3 is 0 Å². The van der Waals surface area contributed by atoms with Crippen LogP contribution in [0.2, 0.25) is 0 Å². The number of hydrogen-bond acceptors (Lipinski definition) is 5. The van der Waals surface area contributed by atoms with Crippen LogP contribution >= 0.6 is 0 Å². The second kappa shape index (κ2) is 5.26. The molecule has 6 nitrogen and oxygen atoms in total. The molecule has 0 heterocycles. The zero-order valence-corrected chi connectivity index (χ0v) is 11.1. The molecule has 1 rings (SSSR count). The number of benzene rings is 1. The number of para-hydroxylation sites is 1. The van der Waals surface area contributed by atoms with Crippen LogP contribution in [0.1, 0.15) is 17.3 Å². The number of primary amides is 1. The van der Waals surface area contributed by atoms with Gasteiger partial charge < -0.3 is 16.8 Å². The first-order valence-corrected chi connectivity index (χ1v) is 7.39. The number of nitrogen functional groups attached to an aromatic ring is 1. The molecule has 1 unspecified atom stereocenters. The highest BCUT2D eigenvalue weighted by atomic mass is 32.2. The molecular weight excluding hydrogens is 254 g/mol. The van der Waals surface area contributed by atoms with E-state index >= 15 is 0 Å². The van der Waals surface area contributed by atoms with E-state index in [9.17, 15) is 13.2 Å². The van der Waals surface area contributed by atoms with Crippen molar-refractivity contribution in [3.8, 4) is 0 Å². The maximum absolute atomic E-state index is 11.2. The maximum atomic E-state index is 11.2. The average molecular weight is 271 g/mol. The van der Waals surface area contributed by atoms with E-state index in [-0.39, 0.29) is 17.4 Å². The number of amides is 1. The number of carbonyl (C=O) groups is 1. The van der Waals surface area contributed by atoms with E-state index in [1.807, 2.05) is 0 Å². The van der Waals surface area contributed by atoms with Crippen molar-refractivity contribution < 1.29 is 13.2 Å². The van der Waals surface area contributed by atoms with Gasteiger partial charge in [-0.1, -0.05) is 6.07 Å². The number of hydrogen-bond donors (Lipinski definition) is 3. The van der Waals surface area contributed by atoms with E-state index < -0.39 is 15.7 Å². The van der Waals surface area contributed by atoms with Crippen LogP contribution in [0.15, 0.2) is 18.2 Å². The van der Waals surface area contributed by atoms with E-state index in [1.165, 1.54) is 6.07 Å². The molecule has 0 saturated carbocycles. The quantitative estimate of drug-likeness (QED) is 0.662. The van der Waals surface area contributed by atoms with Gasteiger partial charge in [0, 0.05) is 12.3 Å². The monoisotopic (exact) mass is 271 g/mol. The highest BCUT2D eigenvalue weighted by Gasteiger charge is 2.15. The zero-order chi connectivity index (χ0) is 13.9. The summed E-state index contributed by atoms with van der Waals surface area (Å²) in [4.78, 5) is 11.2. The number of nitrogens with two attached hydrogens (primary N) is 2. The van der Waals surface area contributed by atoms with Gasteiger partial charge in [0.15, 0.2) is 0 Å². The third kappa shape index (κ3) is 3.92. The standard InChI is InChI=1S/C11H17N3O3S/c1-7(6-18(2,16)17)14-10-8(11(13)15)4-3-5-9(10)12/h3-5,7,14H,6,12H2,1-2H3,(H2,13,15). The Labute approximate surface area is 106 Å². The van der Waals surface area contributed by atoms with Crippen molar-refractivity contribution in [2.24, 2.45) is 5.73 Å². The van der Waals surface area contributed by atoms with Gasteiger partial charge in [0.1, 0.15) is 9.84 Å². The van der Waals surface area contributed by atoms with Crippen LogP contribution in [0, 0.1) is 0 Å². The van der Waals surface area contributed by atoms with Crippen molar-refractivity contribution in [1.29, 1.82) is 0 Å². The predicted molar refractivity (Wildman–Crippen MR) is 72.2 cm³/mol. The van der Waals surface area contributed by atoms with Crippen LogP contribution in [0.4, 0.5) is 11.4 Å². The fraction of sp³-hybridized carbons (Fsp3) is 0.364. The Balaban J connectivity index is 3.00. The number of rotatable bonds is 5. The summed E-state index contributed by atoms with van der Waals surface area (Å²) in [6, 6.07) is 4.39. The van der Waals surface area contributed by atoms with Gasteiger partial charge in [-0.15, -0.1) is 0 Å². The van der Waals surface area contributed by atoms with Crippen LogP contribution in [0.3, 0.4) is 0 Å². The number of anilines is 2. The molecule has 0 aliphatic rings. The van der Waals surface area contributed by atoms with Crippen molar-refractivity contribution >= 4 is 27.1 Å². The van der Waals surface area contributed by atoms with Crippen molar-refractivity contribution in [1.82, 2.24) is 0 Å². The molecule has 1 atom stereocenters. The Kier molecular flexibility index (Phi) is 4.18. The summed E-state index contributed by atoms with van der Waals surface area (Å²) in [7, 11) is -3.11.